The summed E-state index contributed by atoms with van der Waals surface area (Å²) in [6.45, 7) is 7.59. The molecular weight excluding hydrogens is 895 g/mol. The molecule has 9 rings (SSSR count). The molecule has 0 radical (unpaired) electrons. The van der Waals surface area contributed by atoms with E-state index < -0.39 is 0 Å². The maximum Gasteiger partial charge on any atom is 0.256 e. The third kappa shape index (κ3) is 12.7. The summed E-state index contributed by atoms with van der Waals surface area (Å²) in [5.74, 6) is 1.00. The number of aryl methyl sites for hydroxylation is 1. The summed E-state index contributed by atoms with van der Waals surface area (Å²) in [5.41, 5.74) is 23.3. The number of thiophene rings is 2. The van der Waals surface area contributed by atoms with Crippen LogP contribution in [0.2, 0.25) is 0 Å². The normalized spacial score (nSPS) is 12.7. The topological polar surface area (TPSA) is 153 Å². The van der Waals surface area contributed by atoms with E-state index in [-0.39, 0.29) is 11.8 Å². The van der Waals surface area contributed by atoms with Gasteiger partial charge in [0, 0.05) is 49.8 Å². The van der Waals surface area contributed by atoms with Gasteiger partial charge in [0.25, 0.3) is 11.8 Å². The molecule has 2 aromatic heterocycles. The highest BCUT2D eigenvalue weighted by Gasteiger charge is 2.24. The average molecular weight is 950 g/mol. The van der Waals surface area contributed by atoms with Crippen LogP contribution in [0, 0.1) is 13.8 Å². The van der Waals surface area contributed by atoms with Crippen molar-refractivity contribution in [3.05, 3.63) is 218 Å². The van der Waals surface area contributed by atoms with Crippen LogP contribution >= 0.6 is 22.7 Å². The lowest BCUT2D eigenvalue weighted by Crippen LogP contribution is -2.48. The van der Waals surface area contributed by atoms with Gasteiger partial charge >= 0.3 is 0 Å². The lowest BCUT2D eigenvalue weighted by atomic mass is 10.1. The van der Waals surface area contributed by atoms with Gasteiger partial charge in [0.2, 0.25) is 0 Å². The Hall–Kier alpha value is -8.00. The van der Waals surface area contributed by atoms with E-state index in [1.54, 1.807) is 22.7 Å². The number of carbonyl (C=O) groups excluding carboxylic acids is 2. The minimum Gasteiger partial charge on any atom is -0.383 e. The van der Waals surface area contributed by atoms with Gasteiger partial charge in [0.05, 0.1) is 43.6 Å². The first kappa shape index (κ1) is 47.5. The number of aliphatic imine (C=N–C) groups is 2. The predicted octanol–water partition coefficient (Wildman–Crippen LogP) is 11.6. The van der Waals surface area contributed by atoms with Crippen molar-refractivity contribution >= 4 is 86.0 Å². The van der Waals surface area contributed by atoms with Crippen LogP contribution in [0.25, 0.3) is 0 Å². The lowest BCUT2D eigenvalue weighted by molar-refractivity contribution is 0.0747. The molecule has 0 spiro atoms. The Kier molecular flexibility index (Phi) is 15.9. The minimum absolute atomic E-state index is 0.0532. The SMILES string of the molecule is Cc1cccc(Nc2ccccc2C(=O)NCCc2ccc(N=C(N)c3cccs3)cc2)c1C.NC(=Nc1ccc(N2CCN(C(=O)c3ccccc3Nc3ccccc3)CC2)cc1)c1cccs1. The highest BCUT2D eigenvalue weighted by molar-refractivity contribution is 7.12. The molecule has 69 heavy (non-hydrogen) atoms. The van der Waals surface area contributed by atoms with Crippen LogP contribution in [0.5, 0.6) is 0 Å². The van der Waals surface area contributed by atoms with E-state index in [1.165, 1.54) is 11.1 Å². The number of piperazine rings is 1. The van der Waals surface area contributed by atoms with E-state index in [0.717, 1.165) is 74.6 Å². The monoisotopic (exact) mass is 949 g/mol. The van der Waals surface area contributed by atoms with Crippen molar-refractivity contribution in [1.82, 2.24) is 10.2 Å². The van der Waals surface area contributed by atoms with Gasteiger partial charge in [-0.15, -0.1) is 22.7 Å². The van der Waals surface area contributed by atoms with Crippen LogP contribution in [-0.4, -0.2) is 61.1 Å². The average Bonchev–Trinajstić information content (AvgIpc) is 4.14. The van der Waals surface area contributed by atoms with Crippen LogP contribution in [-0.2, 0) is 6.42 Å². The van der Waals surface area contributed by atoms with E-state index in [0.29, 0.717) is 42.4 Å². The molecule has 348 valence electrons. The van der Waals surface area contributed by atoms with Crippen molar-refractivity contribution in [1.29, 1.82) is 0 Å². The fraction of sp³-hybridized carbons (Fsp3) is 0.143. The Morgan fingerprint density at radius 1 is 0.565 bits per heavy atom. The Morgan fingerprint density at radius 3 is 1.72 bits per heavy atom. The van der Waals surface area contributed by atoms with Gasteiger partial charge < -0.3 is 37.2 Å². The van der Waals surface area contributed by atoms with Gasteiger partial charge in [-0.1, -0.05) is 78.9 Å². The van der Waals surface area contributed by atoms with Gasteiger partial charge in [0.15, 0.2) is 0 Å². The zero-order valence-electron chi connectivity index (χ0n) is 38.6. The Morgan fingerprint density at radius 2 is 1.12 bits per heavy atom. The summed E-state index contributed by atoms with van der Waals surface area (Å²) in [6.07, 6.45) is 0.725. The lowest BCUT2D eigenvalue weighted by Gasteiger charge is -2.36. The van der Waals surface area contributed by atoms with Crippen molar-refractivity contribution in [3.8, 4) is 0 Å². The van der Waals surface area contributed by atoms with Crippen molar-refractivity contribution < 1.29 is 9.59 Å². The number of amidine groups is 2. The highest BCUT2D eigenvalue weighted by Crippen LogP contribution is 2.27. The van der Waals surface area contributed by atoms with Crippen LogP contribution in [0.3, 0.4) is 0 Å². The van der Waals surface area contributed by atoms with Crippen LogP contribution in [0.4, 0.5) is 39.8 Å². The third-order valence-corrected chi connectivity index (χ3v) is 13.5. The maximum absolute atomic E-state index is 13.3. The quantitative estimate of drug-likeness (QED) is 0.0537. The Balaban J connectivity index is 0.000000186. The largest absolute Gasteiger partial charge is 0.383 e. The van der Waals surface area contributed by atoms with Crippen LogP contribution in [0.1, 0.15) is 47.2 Å². The standard InChI is InChI=1S/C28H27N5OS.C28H28N4OS/c29-27(26-11-6-20-35-26)31-22-12-14-23(15-13-22)32-16-18-33(19-17-32)28(34)24-9-4-5-10-25(24)30-21-7-2-1-3-8-21;1-19-7-5-10-24(20(19)2)32-25-9-4-3-8-23(25)28(33)30-17-16-21-12-14-22(15-13-21)31-27(29)26-11-6-18-34-26/h1-15,20,30H,16-19H2,(H2,29,31);3-15,18,32H,16-17H2,1-2H3,(H2,29,31)(H,30,33). The number of amides is 2. The minimum atomic E-state index is -0.0988. The first-order chi connectivity index (χ1) is 33.7. The summed E-state index contributed by atoms with van der Waals surface area (Å²) in [6, 6.07) is 55.2. The van der Waals surface area contributed by atoms with Crippen molar-refractivity contribution in [2.45, 2.75) is 20.3 Å². The number of carbonyl (C=O) groups is 2. The number of benzene rings is 6. The molecule has 13 heteroatoms. The van der Waals surface area contributed by atoms with Gasteiger partial charge in [0.1, 0.15) is 11.7 Å². The van der Waals surface area contributed by atoms with E-state index in [1.807, 2.05) is 167 Å². The molecule has 0 aliphatic carbocycles. The maximum atomic E-state index is 13.3. The fourth-order valence-electron chi connectivity index (χ4n) is 7.74. The molecule has 11 nitrogen and oxygen atoms in total. The molecule has 0 bridgehead atoms. The fourth-order valence-corrected chi connectivity index (χ4v) is 9.00. The molecule has 7 N–H and O–H groups in total. The van der Waals surface area contributed by atoms with E-state index in [2.05, 4.69) is 62.9 Å². The molecule has 1 aliphatic rings. The molecule has 2 amide bonds. The van der Waals surface area contributed by atoms with E-state index in [9.17, 15) is 9.59 Å². The zero-order chi connectivity index (χ0) is 48.0. The summed E-state index contributed by atoms with van der Waals surface area (Å²) in [7, 11) is 0. The second kappa shape index (κ2) is 23.1. The summed E-state index contributed by atoms with van der Waals surface area (Å²) >= 11 is 3.15. The molecule has 0 unspecified atom stereocenters. The second-order valence-electron chi connectivity index (χ2n) is 16.4. The summed E-state index contributed by atoms with van der Waals surface area (Å²) < 4.78 is 0. The van der Waals surface area contributed by atoms with Crippen molar-refractivity contribution in [3.63, 3.8) is 0 Å². The number of para-hydroxylation sites is 3. The smallest absolute Gasteiger partial charge is 0.256 e. The first-order valence-electron chi connectivity index (χ1n) is 22.8. The van der Waals surface area contributed by atoms with Crippen LogP contribution in [0.15, 0.2) is 191 Å². The number of nitrogens with two attached hydrogens (primary N) is 2. The number of nitrogens with zero attached hydrogens (tertiary/aromatic N) is 4. The Labute approximate surface area is 411 Å². The van der Waals surface area contributed by atoms with Crippen molar-refractivity contribution in [2.75, 3.05) is 48.3 Å². The Bertz CT molecular complexity index is 3000. The second-order valence-corrected chi connectivity index (χ2v) is 18.3. The molecule has 3 heterocycles. The molecule has 1 saturated heterocycles. The summed E-state index contributed by atoms with van der Waals surface area (Å²) in [5, 5.41) is 13.8. The van der Waals surface area contributed by atoms with Gasteiger partial charge in [-0.2, -0.15) is 0 Å². The highest BCUT2D eigenvalue weighted by atomic mass is 32.1. The van der Waals surface area contributed by atoms with Crippen molar-refractivity contribution in [2.24, 2.45) is 21.5 Å². The van der Waals surface area contributed by atoms with Crippen LogP contribution < -0.4 is 32.3 Å². The third-order valence-electron chi connectivity index (χ3n) is 11.7. The molecular formula is C56H55N9O2S2. The number of hydrogen-bond acceptors (Lipinski definition) is 9. The molecule has 8 aromatic rings. The molecule has 0 saturated carbocycles. The first-order valence-corrected chi connectivity index (χ1v) is 24.6. The predicted molar refractivity (Wildman–Crippen MR) is 288 cm³/mol. The van der Waals surface area contributed by atoms with Gasteiger partial charge in [-0.25, -0.2) is 9.98 Å². The number of anilines is 5. The molecule has 1 fully saturated rings. The number of hydrogen-bond donors (Lipinski definition) is 5. The molecule has 0 atom stereocenters. The number of nitrogens with one attached hydrogen (secondary N) is 3. The molecule has 1 aliphatic heterocycles. The van der Waals surface area contributed by atoms with Gasteiger partial charge in [-0.05, 0) is 139 Å². The zero-order valence-corrected chi connectivity index (χ0v) is 40.3. The number of rotatable bonds is 14. The van der Waals surface area contributed by atoms with Gasteiger partial charge in [-0.3, -0.25) is 9.59 Å². The molecule has 6 aromatic carbocycles. The van der Waals surface area contributed by atoms with E-state index >= 15 is 0 Å². The van der Waals surface area contributed by atoms with E-state index in [4.69, 9.17) is 11.5 Å². The summed E-state index contributed by atoms with van der Waals surface area (Å²) in [4.78, 5) is 41.4.